The van der Waals surface area contributed by atoms with Gasteiger partial charge in [0.25, 0.3) is 5.91 Å². The molecule has 3 N–H and O–H groups in total. The second-order valence-electron chi connectivity index (χ2n) is 11.4. The molecule has 1 saturated carbocycles. The first-order chi connectivity index (χ1) is 20.7. The number of fused-ring (bicyclic) bond motifs is 2. The standard InChI is InChI=1S/C33H44ClN3O5S/c1-3-5-7-11-31(38)29-16-13-26(29)22-37-19-9-8-10-24-20-28(34)15-12-27(24)23-42-32-17-14-25(21-30(32)37)33(39)36-43(40,41)35-18-6-4-2/h4,7,11-12,14-15,17,20-21,26,29,31,35,38H,2-3,5-6,8-10,13,16,18-19,22-23H2,1H3,(H,36,39)/b11-7+/t26-,29+,31?/m0/s1. The first kappa shape index (κ1) is 33.1. The first-order valence-corrected chi connectivity index (χ1v) is 17.1. The fraction of sp³-hybridized carbons (Fsp3) is 0.485. The molecule has 2 aromatic rings. The number of aliphatic hydroxyl groups excluding tert-OH is 1. The zero-order valence-electron chi connectivity index (χ0n) is 24.9. The van der Waals surface area contributed by atoms with E-state index in [2.05, 4.69) is 33.9 Å². The summed E-state index contributed by atoms with van der Waals surface area (Å²) >= 11 is 6.30. The fourth-order valence-corrected chi connectivity index (χ4v) is 6.71. The van der Waals surface area contributed by atoms with Gasteiger partial charge in [-0.05, 0) is 98.2 Å². The number of carbonyl (C=O) groups excluding carboxylic acids is 1. The lowest BCUT2D eigenvalue weighted by Crippen LogP contribution is -2.43. The van der Waals surface area contributed by atoms with Crippen molar-refractivity contribution in [2.45, 2.75) is 71.0 Å². The zero-order valence-corrected chi connectivity index (χ0v) is 26.5. The van der Waals surface area contributed by atoms with Gasteiger partial charge in [0.1, 0.15) is 12.4 Å². The van der Waals surface area contributed by atoms with Crippen LogP contribution in [0.5, 0.6) is 5.75 Å². The Labute approximate surface area is 261 Å². The smallest absolute Gasteiger partial charge is 0.301 e. The molecule has 0 radical (unpaired) electrons. The second-order valence-corrected chi connectivity index (χ2v) is 13.3. The van der Waals surface area contributed by atoms with E-state index in [9.17, 15) is 18.3 Å². The number of halogens is 1. The van der Waals surface area contributed by atoms with Crippen LogP contribution in [0.25, 0.3) is 0 Å². The molecular formula is C33H44ClN3O5S. The van der Waals surface area contributed by atoms with Gasteiger partial charge >= 0.3 is 10.2 Å². The lowest BCUT2D eigenvalue weighted by atomic mass is 9.70. The summed E-state index contributed by atoms with van der Waals surface area (Å²) in [4.78, 5) is 15.3. The summed E-state index contributed by atoms with van der Waals surface area (Å²) in [5, 5.41) is 11.6. The highest BCUT2D eigenvalue weighted by Gasteiger charge is 2.36. The van der Waals surface area contributed by atoms with Crippen molar-refractivity contribution >= 4 is 33.4 Å². The van der Waals surface area contributed by atoms with Gasteiger partial charge in [-0.15, -0.1) is 6.58 Å². The highest BCUT2D eigenvalue weighted by molar-refractivity contribution is 7.88. The predicted octanol–water partition coefficient (Wildman–Crippen LogP) is 5.95. The Morgan fingerprint density at radius 1 is 1.19 bits per heavy atom. The molecule has 3 atom stereocenters. The number of amides is 1. The maximum absolute atomic E-state index is 13.1. The quantitative estimate of drug-likeness (QED) is 0.198. The van der Waals surface area contributed by atoms with Gasteiger partial charge in [0.05, 0.1) is 11.8 Å². The van der Waals surface area contributed by atoms with E-state index in [1.807, 2.05) is 24.3 Å². The maximum atomic E-state index is 13.1. The molecule has 43 heavy (non-hydrogen) atoms. The molecular weight excluding hydrogens is 586 g/mol. The van der Waals surface area contributed by atoms with Crippen LogP contribution in [0.1, 0.15) is 73.4 Å². The minimum absolute atomic E-state index is 0.145. The van der Waals surface area contributed by atoms with Crippen LogP contribution in [0.4, 0.5) is 5.69 Å². The molecule has 2 aromatic carbocycles. The SMILES string of the molecule is C=CCCNS(=O)(=O)NC(=O)c1ccc2c(c1)N(C[C@@H]1CC[C@H]1C(O)/C=C/CCC)CCCCc1cc(Cl)ccc1CO2. The molecule has 0 aromatic heterocycles. The first-order valence-electron chi connectivity index (χ1n) is 15.3. The Morgan fingerprint density at radius 2 is 2.02 bits per heavy atom. The Kier molecular flexibility index (Phi) is 12.1. The van der Waals surface area contributed by atoms with E-state index < -0.39 is 22.2 Å². The van der Waals surface area contributed by atoms with Gasteiger partial charge in [-0.2, -0.15) is 13.1 Å². The molecule has 1 aliphatic heterocycles. The summed E-state index contributed by atoms with van der Waals surface area (Å²) in [5.41, 5.74) is 3.18. The molecule has 1 amide bonds. The van der Waals surface area contributed by atoms with Crippen LogP contribution in [0.15, 0.2) is 61.2 Å². The molecule has 234 valence electrons. The Bertz CT molecular complexity index is 1400. The summed E-state index contributed by atoms with van der Waals surface area (Å²) in [6.07, 6.45) is 12.2. The zero-order chi connectivity index (χ0) is 30.8. The third-order valence-corrected chi connectivity index (χ3v) is 9.54. The van der Waals surface area contributed by atoms with E-state index >= 15 is 0 Å². The number of carbonyl (C=O) groups is 1. The van der Waals surface area contributed by atoms with Crippen molar-refractivity contribution in [3.8, 4) is 5.75 Å². The largest absolute Gasteiger partial charge is 0.487 e. The van der Waals surface area contributed by atoms with Crippen LogP contribution in [0.2, 0.25) is 5.02 Å². The number of anilines is 1. The fourth-order valence-electron chi connectivity index (χ4n) is 5.69. The van der Waals surface area contributed by atoms with Crippen LogP contribution >= 0.6 is 11.6 Å². The average molecular weight is 630 g/mol. The van der Waals surface area contributed by atoms with E-state index in [1.54, 1.807) is 24.3 Å². The van der Waals surface area contributed by atoms with Gasteiger partial charge in [-0.1, -0.05) is 49.2 Å². The molecule has 0 bridgehead atoms. The Morgan fingerprint density at radius 3 is 2.77 bits per heavy atom. The summed E-state index contributed by atoms with van der Waals surface area (Å²) in [6, 6.07) is 10.9. The number of nitrogens with one attached hydrogen (secondary N) is 2. The van der Waals surface area contributed by atoms with Crippen molar-refractivity contribution in [1.29, 1.82) is 0 Å². The molecule has 1 unspecified atom stereocenters. The summed E-state index contributed by atoms with van der Waals surface area (Å²) in [5.74, 6) is 0.342. The molecule has 8 nitrogen and oxygen atoms in total. The van der Waals surface area contributed by atoms with Gasteiger partial charge in [0, 0.05) is 30.2 Å². The number of allylic oxidation sites excluding steroid dienone is 1. The minimum atomic E-state index is -4.03. The maximum Gasteiger partial charge on any atom is 0.301 e. The number of rotatable bonds is 12. The van der Waals surface area contributed by atoms with Crippen LogP contribution in [0.3, 0.4) is 0 Å². The summed E-state index contributed by atoms with van der Waals surface area (Å²) in [6.45, 7) is 7.62. The van der Waals surface area contributed by atoms with Gasteiger partial charge in [0.15, 0.2) is 0 Å². The molecule has 10 heteroatoms. The van der Waals surface area contributed by atoms with Gasteiger partial charge in [-0.3, -0.25) is 4.79 Å². The highest BCUT2D eigenvalue weighted by atomic mass is 35.5. The van der Waals surface area contributed by atoms with Crippen molar-refractivity contribution in [3.63, 3.8) is 0 Å². The second kappa shape index (κ2) is 15.7. The normalized spacial score (nSPS) is 19.7. The van der Waals surface area contributed by atoms with Crippen molar-refractivity contribution in [3.05, 3.63) is 82.9 Å². The van der Waals surface area contributed by atoms with E-state index in [-0.39, 0.29) is 23.9 Å². The molecule has 1 heterocycles. The summed E-state index contributed by atoms with van der Waals surface area (Å²) < 4.78 is 35.7. The summed E-state index contributed by atoms with van der Waals surface area (Å²) in [7, 11) is -4.03. The van der Waals surface area contributed by atoms with Gasteiger partial charge in [-0.25, -0.2) is 4.72 Å². The Hall–Kier alpha value is -2.85. The third kappa shape index (κ3) is 9.32. The predicted molar refractivity (Wildman–Crippen MR) is 173 cm³/mol. The number of aryl methyl sites for hydroxylation is 1. The van der Waals surface area contributed by atoms with E-state index in [0.717, 1.165) is 68.3 Å². The van der Waals surface area contributed by atoms with Crippen molar-refractivity contribution in [2.75, 3.05) is 24.5 Å². The number of ether oxygens (including phenoxy) is 1. The van der Waals surface area contributed by atoms with Crippen LogP contribution in [0, 0.1) is 11.8 Å². The molecule has 0 spiro atoms. The lowest BCUT2D eigenvalue weighted by molar-refractivity contribution is 0.0461. The van der Waals surface area contributed by atoms with Gasteiger partial charge < -0.3 is 14.7 Å². The van der Waals surface area contributed by atoms with Crippen LogP contribution in [-0.4, -0.2) is 45.2 Å². The number of hydrogen-bond donors (Lipinski definition) is 3. The topological polar surface area (TPSA) is 108 Å². The number of benzene rings is 2. The molecule has 1 fully saturated rings. The average Bonchev–Trinajstić information content (AvgIpc) is 2.98. The van der Waals surface area contributed by atoms with Crippen molar-refractivity contribution < 1.29 is 23.1 Å². The monoisotopic (exact) mass is 629 g/mol. The number of hydrogen-bond acceptors (Lipinski definition) is 6. The van der Waals surface area contributed by atoms with Gasteiger partial charge in [0.2, 0.25) is 0 Å². The lowest BCUT2D eigenvalue weighted by Gasteiger charge is -2.42. The highest BCUT2D eigenvalue weighted by Crippen LogP contribution is 2.40. The molecule has 2 aliphatic rings. The van der Waals surface area contributed by atoms with Crippen molar-refractivity contribution in [2.24, 2.45) is 11.8 Å². The third-order valence-electron chi connectivity index (χ3n) is 8.26. The molecule has 0 saturated heterocycles. The molecule has 1 aliphatic carbocycles. The van der Waals surface area contributed by atoms with Crippen LogP contribution in [-0.2, 0) is 23.2 Å². The van der Waals surface area contributed by atoms with Crippen LogP contribution < -0.4 is 19.1 Å². The van der Waals surface area contributed by atoms with E-state index in [0.29, 0.717) is 30.3 Å². The minimum Gasteiger partial charge on any atom is -0.487 e. The van der Waals surface area contributed by atoms with Crippen molar-refractivity contribution in [1.82, 2.24) is 9.44 Å². The number of aliphatic hydroxyl groups is 1. The van der Waals surface area contributed by atoms with E-state index in [4.69, 9.17) is 16.3 Å². The Balaban J connectivity index is 1.61. The number of unbranched alkanes of at least 4 members (excludes halogenated alkanes) is 1. The number of nitrogens with zero attached hydrogens (tertiary/aromatic N) is 1. The van der Waals surface area contributed by atoms with E-state index in [1.165, 1.54) is 0 Å². The molecule has 4 rings (SSSR count).